The van der Waals surface area contributed by atoms with Gasteiger partial charge in [0, 0.05) is 32.7 Å². The van der Waals surface area contributed by atoms with Gasteiger partial charge in [-0.25, -0.2) is 0 Å². The van der Waals surface area contributed by atoms with Gasteiger partial charge in [0.15, 0.2) is 0 Å². The third kappa shape index (κ3) is 3.09. The van der Waals surface area contributed by atoms with Crippen LogP contribution in [0.1, 0.15) is 30.5 Å². The average molecular weight is 439 g/mol. The Kier molecular flexibility index (Phi) is 4.35. The first-order chi connectivity index (χ1) is 14.7. The van der Waals surface area contributed by atoms with Gasteiger partial charge in [-0.2, -0.15) is 13.2 Å². The minimum atomic E-state index is -4.38. The second kappa shape index (κ2) is 6.76. The molecule has 1 aromatic heterocycles. The van der Waals surface area contributed by atoms with Crippen molar-refractivity contribution in [1.29, 1.82) is 0 Å². The zero-order valence-electron chi connectivity index (χ0n) is 16.8. The highest BCUT2D eigenvalue weighted by atomic mass is 35.5. The number of halogens is 4. The Balaban J connectivity index is 1.79. The van der Waals surface area contributed by atoms with Gasteiger partial charge in [-0.15, -0.1) is 0 Å². The van der Waals surface area contributed by atoms with Crippen LogP contribution in [-0.4, -0.2) is 0 Å². The summed E-state index contributed by atoms with van der Waals surface area (Å²) >= 11 is 6.30. The van der Waals surface area contributed by atoms with Crippen molar-refractivity contribution in [2.24, 2.45) is 0 Å². The zero-order chi connectivity index (χ0) is 22.0. The maximum absolute atomic E-state index is 13.1. The molecule has 0 N–H and O–H groups in total. The molecule has 0 unspecified atom stereocenters. The SMILES string of the molecule is CC1(C)c2cc(Cl)ccc2-c2c(-c3ccc(C(F)(F)F)cc3)oc(-c3ccccc3)c21. The normalized spacial score (nSPS) is 14.4. The number of furan rings is 1. The van der Waals surface area contributed by atoms with Crippen LogP contribution in [0.5, 0.6) is 0 Å². The quantitative estimate of drug-likeness (QED) is 0.305. The molecule has 1 aliphatic carbocycles. The second-order valence-corrected chi connectivity index (χ2v) is 8.70. The van der Waals surface area contributed by atoms with Gasteiger partial charge in [-0.1, -0.05) is 74.0 Å². The van der Waals surface area contributed by atoms with Gasteiger partial charge in [0.25, 0.3) is 0 Å². The van der Waals surface area contributed by atoms with Gasteiger partial charge in [-0.05, 0) is 35.4 Å². The van der Waals surface area contributed by atoms with Crippen molar-refractivity contribution < 1.29 is 17.6 Å². The maximum Gasteiger partial charge on any atom is 0.416 e. The summed E-state index contributed by atoms with van der Waals surface area (Å²) in [6, 6.07) is 20.6. The molecule has 1 nitrogen and oxygen atoms in total. The Labute approximate surface area is 183 Å². The summed E-state index contributed by atoms with van der Waals surface area (Å²) in [5.41, 5.74) is 4.45. The van der Waals surface area contributed by atoms with E-state index in [0.29, 0.717) is 16.3 Å². The molecule has 0 amide bonds. The van der Waals surface area contributed by atoms with E-state index in [1.807, 2.05) is 48.5 Å². The Morgan fingerprint density at radius 3 is 2.10 bits per heavy atom. The summed E-state index contributed by atoms with van der Waals surface area (Å²) in [7, 11) is 0. The van der Waals surface area contributed by atoms with E-state index in [1.54, 1.807) is 0 Å². The molecule has 0 fully saturated rings. The van der Waals surface area contributed by atoms with E-state index in [9.17, 15) is 13.2 Å². The molecule has 0 saturated heterocycles. The van der Waals surface area contributed by atoms with E-state index in [2.05, 4.69) is 13.8 Å². The van der Waals surface area contributed by atoms with Gasteiger partial charge in [-0.3, -0.25) is 0 Å². The van der Waals surface area contributed by atoms with Crippen LogP contribution >= 0.6 is 11.6 Å². The Bertz CT molecular complexity index is 1280. The number of rotatable bonds is 2. The molecule has 1 heterocycles. The summed E-state index contributed by atoms with van der Waals surface area (Å²) in [4.78, 5) is 0. The fourth-order valence-corrected chi connectivity index (χ4v) is 4.65. The highest BCUT2D eigenvalue weighted by Crippen LogP contribution is 2.57. The molecule has 4 aromatic rings. The Hall–Kier alpha value is -2.98. The van der Waals surface area contributed by atoms with E-state index in [0.717, 1.165) is 45.7 Å². The van der Waals surface area contributed by atoms with Gasteiger partial charge < -0.3 is 4.42 Å². The van der Waals surface area contributed by atoms with Gasteiger partial charge in [0.1, 0.15) is 11.5 Å². The first-order valence-electron chi connectivity index (χ1n) is 9.88. The smallest absolute Gasteiger partial charge is 0.416 e. The standard InChI is InChI=1S/C26H18ClF3O/c1-25(2)20-14-18(27)12-13-19(20)21-22(25)24(15-6-4-3-5-7-15)31-23(21)16-8-10-17(11-9-16)26(28,29)30/h3-14H,1-2H3. The lowest BCUT2D eigenvalue weighted by Gasteiger charge is -2.22. The molecule has 156 valence electrons. The molecule has 1 aliphatic rings. The zero-order valence-corrected chi connectivity index (χ0v) is 17.6. The molecular weight excluding hydrogens is 421 g/mol. The average Bonchev–Trinajstić information content (AvgIpc) is 3.24. The summed E-state index contributed by atoms with van der Waals surface area (Å²) in [5.74, 6) is 1.29. The first-order valence-corrected chi connectivity index (χ1v) is 10.3. The maximum atomic E-state index is 13.1. The number of hydrogen-bond donors (Lipinski definition) is 0. The number of benzene rings is 3. The van der Waals surface area contributed by atoms with E-state index in [1.165, 1.54) is 12.1 Å². The van der Waals surface area contributed by atoms with Crippen LogP contribution < -0.4 is 0 Å². The van der Waals surface area contributed by atoms with Crippen molar-refractivity contribution in [3.8, 4) is 33.8 Å². The molecule has 0 saturated carbocycles. The van der Waals surface area contributed by atoms with Crippen LogP contribution in [0.3, 0.4) is 0 Å². The van der Waals surface area contributed by atoms with Crippen molar-refractivity contribution in [3.63, 3.8) is 0 Å². The third-order valence-corrected chi connectivity index (χ3v) is 6.20. The number of fused-ring (bicyclic) bond motifs is 3. The number of hydrogen-bond acceptors (Lipinski definition) is 1. The predicted octanol–water partition coefficient (Wildman–Crippen LogP) is 8.59. The molecule has 3 aromatic carbocycles. The monoisotopic (exact) mass is 438 g/mol. The molecule has 5 heteroatoms. The molecule has 31 heavy (non-hydrogen) atoms. The van der Waals surface area contributed by atoms with Crippen molar-refractivity contribution in [2.45, 2.75) is 25.4 Å². The Morgan fingerprint density at radius 1 is 0.806 bits per heavy atom. The van der Waals surface area contributed by atoms with Crippen molar-refractivity contribution >= 4 is 11.6 Å². The van der Waals surface area contributed by atoms with Crippen molar-refractivity contribution in [3.05, 3.63) is 94.5 Å². The molecule has 0 atom stereocenters. The molecular formula is C26H18ClF3O. The lowest BCUT2D eigenvalue weighted by atomic mass is 9.81. The minimum absolute atomic E-state index is 0.381. The summed E-state index contributed by atoms with van der Waals surface area (Å²) in [6.45, 7) is 4.24. The largest absolute Gasteiger partial charge is 0.455 e. The predicted molar refractivity (Wildman–Crippen MR) is 117 cm³/mol. The molecule has 0 spiro atoms. The minimum Gasteiger partial charge on any atom is -0.455 e. The van der Waals surface area contributed by atoms with Crippen molar-refractivity contribution in [1.82, 2.24) is 0 Å². The van der Waals surface area contributed by atoms with E-state index in [-0.39, 0.29) is 5.41 Å². The first kappa shape index (κ1) is 20.0. The fourth-order valence-electron chi connectivity index (χ4n) is 4.48. The van der Waals surface area contributed by atoms with Crippen LogP contribution in [0.15, 0.2) is 77.2 Å². The van der Waals surface area contributed by atoms with Gasteiger partial charge >= 0.3 is 6.18 Å². The van der Waals surface area contributed by atoms with Crippen LogP contribution in [0.2, 0.25) is 5.02 Å². The summed E-state index contributed by atoms with van der Waals surface area (Å²) in [5, 5.41) is 0.645. The third-order valence-electron chi connectivity index (χ3n) is 5.97. The molecule has 5 rings (SSSR count). The highest BCUT2D eigenvalue weighted by Gasteiger charge is 2.43. The molecule has 0 radical (unpaired) electrons. The topological polar surface area (TPSA) is 13.1 Å². The van der Waals surface area contributed by atoms with Crippen LogP contribution in [-0.2, 0) is 11.6 Å². The van der Waals surface area contributed by atoms with E-state index >= 15 is 0 Å². The molecule has 0 bridgehead atoms. The highest BCUT2D eigenvalue weighted by molar-refractivity contribution is 6.30. The lowest BCUT2D eigenvalue weighted by molar-refractivity contribution is -0.137. The molecule has 0 aliphatic heterocycles. The second-order valence-electron chi connectivity index (χ2n) is 8.27. The Morgan fingerprint density at radius 2 is 1.45 bits per heavy atom. The van der Waals surface area contributed by atoms with Crippen LogP contribution in [0.25, 0.3) is 33.8 Å². The van der Waals surface area contributed by atoms with Crippen molar-refractivity contribution in [2.75, 3.05) is 0 Å². The van der Waals surface area contributed by atoms with Gasteiger partial charge in [0.05, 0.1) is 5.56 Å². The summed E-state index contributed by atoms with van der Waals surface area (Å²) < 4.78 is 45.6. The lowest BCUT2D eigenvalue weighted by Crippen LogP contribution is -2.15. The van der Waals surface area contributed by atoms with E-state index < -0.39 is 11.7 Å². The number of alkyl halides is 3. The van der Waals surface area contributed by atoms with E-state index in [4.69, 9.17) is 16.0 Å². The fraction of sp³-hybridized carbons (Fsp3) is 0.154. The summed E-state index contributed by atoms with van der Waals surface area (Å²) in [6.07, 6.45) is -4.38. The van der Waals surface area contributed by atoms with Crippen LogP contribution in [0.4, 0.5) is 13.2 Å². The van der Waals surface area contributed by atoms with Crippen LogP contribution in [0, 0.1) is 0 Å². The van der Waals surface area contributed by atoms with Gasteiger partial charge in [0.2, 0.25) is 0 Å².